The SMILES string of the molecule is O=C(NCc1ccon1)c1cccc(Br)n1. The summed E-state index contributed by atoms with van der Waals surface area (Å²) in [5.74, 6) is -0.246. The highest BCUT2D eigenvalue weighted by atomic mass is 79.9. The number of aromatic nitrogens is 2. The lowest BCUT2D eigenvalue weighted by Crippen LogP contribution is -2.23. The predicted molar refractivity (Wildman–Crippen MR) is 59.6 cm³/mol. The van der Waals surface area contributed by atoms with Crippen LogP contribution in [0.1, 0.15) is 16.2 Å². The molecule has 2 aromatic rings. The Bertz CT molecular complexity index is 485. The Morgan fingerprint density at radius 2 is 2.31 bits per heavy atom. The van der Waals surface area contributed by atoms with Crippen LogP contribution < -0.4 is 5.32 Å². The van der Waals surface area contributed by atoms with Crippen molar-refractivity contribution in [1.29, 1.82) is 0 Å². The number of nitrogens with zero attached hydrogens (tertiary/aromatic N) is 2. The molecule has 6 heteroatoms. The summed E-state index contributed by atoms with van der Waals surface area (Å²) in [6.07, 6.45) is 1.46. The summed E-state index contributed by atoms with van der Waals surface area (Å²) < 4.78 is 5.27. The fraction of sp³-hybridized carbons (Fsp3) is 0.100. The maximum atomic E-state index is 11.6. The van der Waals surface area contributed by atoms with Crippen LogP contribution in [0.3, 0.4) is 0 Å². The molecule has 16 heavy (non-hydrogen) atoms. The Morgan fingerprint density at radius 1 is 1.44 bits per heavy atom. The van der Waals surface area contributed by atoms with Crippen LogP contribution >= 0.6 is 15.9 Å². The van der Waals surface area contributed by atoms with Crippen molar-refractivity contribution < 1.29 is 9.32 Å². The van der Waals surface area contributed by atoms with E-state index >= 15 is 0 Å². The third-order valence-electron chi connectivity index (χ3n) is 1.87. The third kappa shape index (κ3) is 2.66. The van der Waals surface area contributed by atoms with Crippen molar-refractivity contribution >= 4 is 21.8 Å². The molecule has 1 amide bonds. The van der Waals surface area contributed by atoms with Crippen molar-refractivity contribution in [3.8, 4) is 0 Å². The topological polar surface area (TPSA) is 68.0 Å². The van der Waals surface area contributed by atoms with E-state index in [1.807, 2.05) is 0 Å². The second kappa shape index (κ2) is 4.89. The van der Waals surface area contributed by atoms with Gasteiger partial charge in [0.05, 0.1) is 6.54 Å². The van der Waals surface area contributed by atoms with Crippen molar-refractivity contribution in [3.63, 3.8) is 0 Å². The molecule has 0 unspecified atom stereocenters. The van der Waals surface area contributed by atoms with Crippen molar-refractivity contribution in [1.82, 2.24) is 15.5 Å². The van der Waals surface area contributed by atoms with Gasteiger partial charge in [-0.05, 0) is 28.1 Å². The number of pyridine rings is 1. The highest BCUT2D eigenvalue weighted by molar-refractivity contribution is 9.10. The van der Waals surface area contributed by atoms with E-state index in [1.54, 1.807) is 24.3 Å². The molecule has 0 aliphatic heterocycles. The quantitative estimate of drug-likeness (QED) is 0.871. The van der Waals surface area contributed by atoms with E-state index in [-0.39, 0.29) is 5.91 Å². The van der Waals surface area contributed by atoms with E-state index < -0.39 is 0 Å². The van der Waals surface area contributed by atoms with Gasteiger partial charge in [-0.3, -0.25) is 4.79 Å². The first kappa shape index (κ1) is 10.8. The lowest BCUT2D eigenvalue weighted by atomic mass is 10.3. The molecule has 0 atom stereocenters. The zero-order valence-corrected chi connectivity index (χ0v) is 9.77. The lowest BCUT2D eigenvalue weighted by molar-refractivity contribution is 0.0945. The molecule has 0 saturated carbocycles. The number of halogens is 1. The van der Waals surface area contributed by atoms with Gasteiger partial charge in [0, 0.05) is 6.07 Å². The van der Waals surface area contributed by atoms with E-state index in [4.69, 9.17) is 0 Å². The lowest BCUT2D eigenvalue weighted by Gasteiger charge is -2.02. The van der Waals surface area contributed by atoms with Crippen LogP contribution in [0.2, 0.25) is 0 Å². The van der Waals surface area contributed by atoms with E-state index in [9.17, 15) is 4.79 Å². The smallest absolute Gasteiger partial charge is 0.270 e. The third-order valence-corrected chi connectivity index (χ3v) is 2.31. The molecule has 0 aromatic carbocycles. The summed E-state index contributed by atoms with van der Waals surface area (Å²) in [6, 6.07) is 6.84. The second-order valence-corrected chi connectivity index (χ2v) is 3.83. The zero-order chi connectivity index (χ0) is 11.4. The minimum atomic E-state index is -0.246. The summed E-state index contributed by atoms with van der Waals surface area (Å²) in [6.45, 7) is 0.323. The van der Waals surface area contributed by atoms with E-state index in [0.717, 1.165) is 0 Å². The molecule has 82 valence electrons. The molecule has 5 nitrogen and oxygen atoms in total. The van der Waals surface area contributed by atoms with Crippen LogP contribution in [0, 0.1) is 0 Å². The van der Waals surface area contributed by atoms with Gasteiger partial charge < -0.3 is 9.84 Å². The number of hydrogen-bond donors (Lipinski definition) is 1. The van der Waals surface area contributed by atoms with Gasteiger partial charge in [-0.1, -0.05) is 11.2 Å². The average Bonchev–Trinajstić information content (AvgIpc) is 2.78. The van der Waals surface area contributed by atoms with Gasteiger partial charge in [0.1, 0.15) is 22.3 Å². The number of carbonyl (C=O) groups excluding carboxylic acids is 1. The summed E-state index contributed by atoms with van der Waals surface area (Å²) in [4.78, 5) is 15.7. The molecule has 0 spiro atoms. The highest BCUT2D eigenvalue weighted by Gasteiger charge is 2.07. The Kier molecular flexibility index (Phi) is 3.31. The van der Waals surface area contributed by atoms with Gasteiger partial charge in [-0.15, -0.1) is 0 Å². The van der Waals surface area contributed by atoms with Crippen LogP contribution in [-0.4, -0.2) is 16.0 Å². The average molecular weight is 282 g/mol. The van der Waals surface area contributed by atoms with Gasteiger partial charge in [-0.25, -0.2) is 4.98 Å². The molecule has 0 radical (unpaired) electrons. The van der Waals surface area contributed by atoms with Crippen molar-refractivity contribution in [2.24, 2.45) is 0 Å². The Hall–Kier alpha value is -1.69. The Morgan fingerprint density at radius 3 is 3.00 bits per heavy atom. The molecule has 2 aromatic heterocycles. The maximum absolute atomic E-state index is 11.6. The van der Waals surface area contributed by atoms with Crippen molar-refractivity contribution in [2.45, 2.75) is 6.54 Å². The maximum Gasteiger partial charge on any atom is 0.270 e. The van der Waals surface area contributed by atoms with Crippen LogP contribution in [-0.2, 0) is 6.54 Å². The van der Waals surface area contributed by atoms with Crippen molar-refractivity contribution in [3.05, 3.63) is 46.5 Å². The van der Waals surface area contributed by atoms with Gasteiger partial charge in [0.15, 0.2) is 0 Å². The van der Waals surface area contributed by atoms with Crippen LogP contribution in [0.25, 0.3) is 0 Å². The largest absolute Gasteiger partial charge is 0.364 e. The first-order valence-corrected chi connectivity index (χ1v) is 5.35. The molecule has 0 saturated heterocycles. The van der Waals surface area contributed by atoms with E-state index in [0.29, 0.717) is 22.5 Å². The monoisotopic (exact) mass is 281 g/mol. The van der Waals surface area contributed by atoms with Gasteiger partial charge in [-0.2, -0.15) is 0 Å². The number of amides is 1. The molecule has 2 heterocycles. The molecule has 1 N–H and O–H groups in total. The minimum absolute atomic E-state index is 0.246. The summed E-state index contributed by atoms with van der Waals surface area (Å²) in [7, 11) is 0. The molecule has 0 bridgehead atoms. The molecular formula is C10H8BrN3O2. The second-order valence-electron chi connectivity index (χ2n) is 3.02. The normalized spacial score (nSPS) is 10.1. The molecule has 2 rings (SSSR count). The van der Waals surface area contributed by atoms with E-state index in [2.05, 4.69) is 35.9 Å². The molecule has 0 aliphatic carbocycles. The van der Waals surface area contributed by atoms with Gasteiger partial charge in [0.25, 0.3) is 5.91 Å². The Labute approximate surface area is 100.0 Å². The molecule has 0 aliphatic rings. The number of nitrogens with one attached hydrogen (secondary N) is 1. The standard InChI is InChI=1S/C10H8BrN3O2/c11-9-3-1-2-8(13-9)10(15)12-6-7-4-5-16-14-7/h1-5H,6H2,(H,12,15). The van der Waals surface area contributed by atoms with Crippen LogP contribution in [0.4, 0.5) is 0 Å². The number of rotatable bonds is 3. The highest BCUT2D eigenvalue weighted by Crippen LogP contribution is 2.06. The Balaban J connectivity index is 1.98. The van der Waals surface area contributed by atoms with Crippen LogP contribution in [0.5, 0.6) is 0 Å². The van der Waals surface area contributed by atoms with Gasteiger partial charge in [0.2, 0.25) is 0 Å². The minimum Gasteiger partial charge on any atom is -0.364 e. The number of carbonyl (C=O) groups is 1. The predicted octanol–water partition coefficient (Wildman–Crippen LogP) is 1.76. The fourth-order valence-electron chi connectivity index (χ4n) is 1.12. The summed E-state index contributed by atoms with van der Waals surface area (Å²) >= 11 is 3.20. The summed E-state index contributed by atoms with van der Waals surface area (Å²) in [5, 5.41) is 6.36. The van der Waals surface area contributed by atoms with Crippen molar-refractivity contribution in [2.75, 3.05) is 0 Å². The zero-order valence-electron chi connectivity index (χ0n) is 8.18. The molecule has 0 fully saturated rings. The van der Waals surface area contributed by atoms with E-state index in [1.165, 1.54) is 6.26 Å². The molecular weight excluding hydrogens is 274 g/mol. The number of hydrogen-bond acceptors (Lipinski definition) is 4. The van der Waals surface area contributed by atoms with Gasteiger partial charge >= 0.3 is 0 Å². The first-order valence-electron chi connectivity index (χ1n) is 4.56. The van der Waals surface area contributed by atoms with Crippen LogP contribution in [0.15, 0.2) is 39.7 Å². The first-order chi connectivity index (χ1) is 7.75. The fourth-order valence-corrected chi connectivity index (χ4v) is 1.47. The summed E-state index contributed by atoms with van der Waals surface area (Å²) in [5.41, 5.74) is 1.03.